The van der Waals surface area contributed by atoms with Crippen molar-refractivity contribution in [2.45, 2.75) is 13.0 Å². The summed E-state index contributed by atoms with van der Waals surface area (Å²) in [6.07, 6.45) is 1.84. The maximum absolute atomic E-state index is 13.3. The van der Waals surface area contributed by atoms with E-state index in [-0.39, 0.29) is 18.0 Å². The molecule has 1 aliphatic rings. The number of carbonyl (C=O) groups is 2. The molecule has 4 rings (SSSR count). The fraction of sp³-hybridized carbons (Fsp3) is 0.273. The molecule has 3 aromatic rings. The number of aromatic amines is 1. The molecule has 3 N–H and O–H groups in total. The molecule has 0 bridgehead atoms. The van der Waals surface area contributed by atoms with Crippen molar-refractivity contribution < 1.29 is 14.0 Å². The number of hydrogen-bond donors (Lipinski definition) is 3. The Labute approximate surface area is 173 Å². The van der Waals surface area contributed by atoms with E-state index >= 15 is 0 Å². The van der Waals surface area contributed by atoms with Crippen LogP contribution in [0.4, 0.5) is 20.6 Å². The first-order valence-corrected chi connectivity index (χ1v) is 9.94. The van der Waals surface area contributed by atoms with E-state index < -0.39 is 5.82 Å². The molecule has 7 nitrogen and oxygen atoms in total. The number of fused-ring (bicyclic) bond motifs is 1. The lowest BCUT2D eigenvalue weighted by atomic mass is 10.2. The van der Waals surface area contributed by atoms with Gasteiger partial charge < -0.3 is 20.5 Å². The normalized spacial score (nSPS) is 15.7. The number of urea groups is 1. The smallest absolute Gasteiger partial charge is 0.321 e. The number of carbonyl (C=O) groups excluding carboxylic acids is 2. The highest BCUT2D eigenvalue weighted by Gasteiger charge is 2.27. The van der Waals surface area contributed by atoms with Gasteiger partial charge in [0.2, 0.25) is 5.91 Å². The van der Waals surface area contributed by atoms with Crippen molar-refractivity contribution in [3.8, 4) is 0 Å². The monoisotopic (exact) mass is 409 g/mol. The minimum Gasteiger partial charge on any atom is -0.361 e. The summed E-state index contributed by atoms with van der Waals surface area (Å²) in [7, 11) is 0. The van der Waals surface area contributed by atoms with Crippen molar-refractivity contribution in [3.63, 3.8) is 0 Å². The largest absolute Gasteiger partial charge is 0.361 e. The van der Waals surface area contributed by atoms with E-state index in [4.69, 9.17) is 0 Å². The predicted octanol–water partition coefficient (Wildman–Crippen LogP) is 3.48. The van der Waals surface area contributed by atoms with Crippen molar-refractivity contribution in [1.82, 2.24) is 14.8 Å². The number of H-pyrrole nitrogens is 1. The summed E-state index contributed by atoms with van der Waals surface area (Å²) in [6.45, 7) is 4.02. The molecule has 0 radical (unpaired) electrons. The van der Waals surface area contributed by atoms with Gasteiger partial charge in [0.1, 0.15) is 5.82 Å². The van der Waals surface area contributed by atoms with Gasteiger partial charge in [-0.3, -0.25) is 9.69 Å². The van der Waals surface area contributed by atoms with Crippen molar-refractivity contribution in [2.75, 3.05) is 36.8 Å². The van der Waals surface area contributed by atoms with Crippen LogP contribution in [0.15, 0.2) is 54.7 Å². The summed E-state index contributed by atoms with van der Waals surface area (Å²) >= 11 is 0. The number of nitrogens with one attached hydrogen (secondary N) is 3. The molecule has 1 fully saturated rings. The van der Waals surface area contributed by atoms with Crippen LogP contribution in [-0.4, -0.2) is 58.9 Å². The number of piperazine rings is 1. The number of anilines is 2. The maximum atomic E-state index is 13.3. The number of halogens is 1. The average Bonchev–Trinajstić information content (AvgIpc) is 3.23. The molecule has 2 heterocycles. The Hall–Kier alpha value is -3.39. The van der Waals surface area contributed by atoms with E-state index in [0.29, 0.717) is 31.9 Å². The summed E-state index contributed by atoms with van der Waals surface area (Å²) in [5.74, 6) is -0.590. The molecule has 0 aliphatic carbocycles. The first-order valence-electron chi connectivity index (χ1n) is 9.94. The van der Waals surface area contributed by atoms with Crippen LogP contribution >= 0.6 is 0 Å². The fourth-order valence-electron chi connectivity index (χ4n) is 3.68. The quantitative estimate of drug-likeness (QED) is 0.617. The third kappa shape index (κ3) is 4.28. The second-order valence-corrected chi connectivity index (χ2v) is 7.37. The van der Waals surface area contributed by atoms with Crippen LogP contribution in [0.3, 0.4) is 0 Å². The summed E-state index contributed by atoms with van der Waals surface area (Å²) in [4.78, 5) is 32.1. The number of aromatic nitrogens is 1. The zero-order chi connectivity index (χ0) is 21.1. The minimum atomic E-state index is -0.393. The molecule has 1 saturated heterocycles. The van der Waals surface area contributed by atoms with Crippen molar-refractivity contribution in [1.29, 1.82) is 0 Å². The van der Waals surface area contributed by atoms with E-state index in [1.54, 1.807) is 17.0 Å². The molecule has 2 aromatic carbocycles. The number of hydrogen-bond acceptors (Lipinski definition) is 3. The van der Waals surface area contributed by atoms with E-state index in [1.807, 2.05) is 42.3 Å². The topological polar surface area (TPSA) is 80.5 Å². The third-order valence-corrected chi connectivity index (χ3v) is 5.46. The lowest BCUT2D eigenvalue weighted by Crippen LogP contribution is -2.54. The molecule has 156 valence electrons. The first-order chi connectivity index (χ1) is 14.5. The average molecular weight is 409 g/mol. The summed E-state index contributed by atoms with van der Waals surface area (Å²) in [5, 5.41) is 6.69. The molecule has 1 aromatic heterocycles. The van der Waals surface area contributed by atoms with Crippen molar-refractivity contribution in [2.24, 2.45) is 0 Å². The van der Waals surface area contributed by atoms with Gasteiger partial charge in [-0.05, 0) is 43.3 Å². The van der Waals surface area contributed by atoms with E-state index in [9.17, 15) is 14.0 Å². The van der Waals surface area contributed by atoms with Gasteiger partial charge in [0.05, 0.1) is 11.7 Å². The highest BCUT2D eigenvalue weighted by molar-refractivity contribution is 6.00. The highest BCUT2D eigenvalue weighted by atomic mass is 19.1. The molecule has 8 heteroatoms. The van der Waals surface area contributed by atoms with Crippen LogP contribution < -0.4 is 10.6 Å². The molecule has 3 amide bonds. The van der Waals surface area contributed by atoms with Crippen LogP contribution in [0.2, 0.25) is 0 Å². The van der Waals surface area contributed by atoms with Gasteiger partial charge in [-0.1, -0.05) is 12.1 Å². The van der Waals surface area contributed by atoms with E-state index in [0.717, 1.165) is 16.6 Å². The lowest BCUT2D eigenvalue weighted by molar-refractivity contribution is -0.121. The summed E-state index contributed by atoms with van der Waals surface area (Å²) < 4.78 is 13.3. The standard InChI is InChI=1S/C22H24FN5O2/c1-15(21(29)25-17-5-2-4-16(23)14-17)27-10-12-28(13-11-27)22(30)26-20-7-3-6-19-18(20)8-9-24-19/h2-9,14-15,24H,10-13H2,1H3,(H,25,29)(H,26,30). The zero-order valence-electron chi connectivity index (χ0n) is 16.7. The fourth-order valence-corrected chi connectivity index (χ4v) is 3.68. The molecular formula is C22H24FN5O2. The molecule has 1 atom stereocenters. The second kappa shape index (κ2) is 8.54. The number of rotatable bonds is 4. The van der Waals surface area contributed by atoms with Gasteiger partial charge in [-0.15, -0.1) is 0 Å². The van der Waals surface area contributed by atoms with E-state index in [2.05, 4.69) is 15.6 Å². The Morgan fingerprint density at radius 1 is 1.03 bits per heavy atom. The van der Waals surface area contributed by atoms with Crippen LogP contribution in [0.1, 0.15) is 6.92 Å². The molecule has 30 heavy (non-hydrogen) atoms. The molecule has 1 unspecified atom stereocenters. The Morgan fingerprint density at radius 2 is 1.80 bits per heavy atom. The van der Waals surface area contributed by atoms with Crippen molar-refractivity contribution >= 4 is 34.2 Å². The third-order valence-electron chi connectivity index (χ3n) is 5.46. The number of amides is 3. The number of nitrogens with zero attached hydrogens (tertiary/aromatic N) is 2. The first kappa shape index (κ1) is 19.9. The maximum Gasteiger partial charge on any atom is 0.321 e. The Bertz CT molecular complexity index is 1060. The Kier molecular flexibility index (Phi) is 5.67. The molecular weight excluding hydrogens is 385 g/mol. The Morgan fingerprint density at radius 3 is 2.57 bits per heavy atom. The SMILES string of the molecule is CC(C(=O)Nc1cccc(F)c1)N1CCN(C(=O)Nc2cccc3[nH]ccc23)CC1. The van der Waals surface area contributed by atoms with Crippen LogP contribution in [-0.2, 0) is 4.79 Å². The lowest BCUT2D eigenvalue weighted by Gasteiger charge is -2.37. The van der Waals surface area contributed by atoms with Crippen molar-refractivity contribution in [3.05, 3.63) is 60.5 Å². The van der Waals surface area contributed by atoms with E-state index in [1.165, 1.54) is 12.1 Å². The number of benzene rings is 2. The zero-order valence-corrected chi connectivity index (χ0v) is 16.7. The van der Waals surface area contributed by atoms with Crippen LogP contribution in [0.5, 0.6) is 0 Å². The highest BCUT2D eigenvalue weighted by Crippen LogP contribution is 2.22. The van der Waals surface area contributed by atoms with Gasteiger partial charge in [0, 0.05) is 49.0 Å². The molecule has 0 saturated carbocycles. The molecule has 1 aliphatic heterocycles. The van der Waals surface area contributed by atoms with Crippen LogP contribution in [0, 0.1) is 5.82 Å². The van der Waals surface area contributed by atoms with Gasteiger partial charge in [0.15, 0.2) is 0 Å². The van der Waals surface area contributed by atoms with Gasteiger partial charge in [-0.25, -0.2) is 9.18 Å². The summed E-state index contributed by atoms with van der Waals surface area (Å²) in [6, 6.07) is 13.0. The van der Waals surface area contributed by atoms with Gasteiger partial charge in [-0.2, -0.15) is 0 Å². The minimum absolute atomic E-state index is 0.153. The van der Waals surface area contributed by atoms with Gasteiger partial charge in [0.25, 0.3) is 0 Å². The predicted molar refractivity (Wildman–Crippen MR) is 115 cm³/mol. The van der Waals surface area contributed by atoms with Gasteiger partial charge >= 0.3 is 6.03 Å². The second-order valence-electron chi connectivity index (χ2n) is 7.37. The van der Waals surface area contributed by atoms with Crippen LogP contribution in [0.25, 0.3) is 10.9 Å². The summed E-state index contributed by atoms with van der Waals surface area (Å²) in [5.41, 5.74) is 2.17. The molecule has 0 spiro atoms. The Balaban J connectivity index is 1.31.